The number of rotatable bonds is 10. The molecule has 0 bridgehead atoms. The van der Waals surface area contributed by atoms with Crippen LogP contribution in [0.1, 0.15) is 24.1 Å². The highest BCUT2D eigenvalue weighted by Gasteiger charge is 2.28. The fraction of sp³-hybridized carbons (Fsp3) is 0.269. The summed E-state index contributed by atoms with van der Waals surface area (Å²) in [5, 5.41) is 2.88. The van der Waals surface area contributed by atoms with Gasteiger partial charge in [-0.2, -0.15) is 0 Å². The molecule has 3 aromatic carbocycles. The van der Waals surface area contributed by atoms with Crippen molar-refractivity contribution < 1.29 is 27.4 Å². The summed E-state index contributed by atoms with van der Waals surface area (Å²) in [6.45, 7) is 3.33. The zero-order chi connectivity index (χ0) is 25.6. The Balaban J connectivity index is 1.87. The van der Waals surface area contributed by atoms with Gasteiger partial charge in [-0.3, -0.25) is 9.10 Å². The van der Waals surface area contributed by atoms with Crippen LogP contribution < -0.4 is 23.8 Å². The van der Waals surface area contributed by atoms with E-state index in [0.717, 1.165) is 15.4 Å². The second-order valence-electron chi connectivity index (χ2n) is 7.93. The molecule has 1 amide bonds. The normalized spacial score (nSPS) is 11.9. The quantitative estimate of drug-likeness (QED) is 0.452. The standard InChI is InChI=1S/C26H30N2O6S/c1-18-6-9-21(10-7-18)28(35(30,31)23-13-11-22(32-3)12-14-23)17-26(29)27-19(2)20-8-15-24(33-4)25(16-20)34-5/h6-16,19H,17H2,1-5H3,(H,27,29). The molecule has 1 N–H and O–H groups in total. The lowest BCUT2D eigenvalue weighted by atomic mass is 10.1. The van der Waals surface area contributed by atoms with Gasteiger partial charge < -0.3 is 19.5 Å². The van der Waals surface area contributed by atoms with Crippen molar-refractivity contribution in [1.82, 2.24) is 5.32 Å². The van der Waals surface area contributed by atoms with Crippen LogP contribution in [0.3, 0.4) is 0 Å². The number of amides is 1. The van der Waals surface area contributed by atoms with E-state index >= 15 is 0 Å². The first-order valence-electron chi connectivity index (χ1n) is 10.9. The summed E-state index contributed by atoms with van der Waals surface area (Å²) in [4.78, 5) is 13.1. The fourth-order valence-electron chi connectivity index (χ4n) is 3.52. The van der Waals surface area contributed by atoms with Gasteiger partial charge in [0, 0.05) is 0 Å². The average molecular weight is 499 g/mol. The minimum absolute atomic E-state index is 0.0552. The summed E-state index contributed by atoms with van der Waals surface area (Å²) < 4.78 is 43.9. The van der Waals surface area contributed by atoms with Crippen LogP contribution in [-0.2, 0) is 14.8 Å². The molecular weight excluding hydrogens is 468 g/mol. The molecule has 8 nitrogen and oxygen atoms in total. The molecule has 9 heteroatoms. The predicted molar refractivity (Wildman–Crippen MR) is 135 cm³/mol. The third-order valence-corrected chi connectivity index (χ3v) is 7.33. The highest BCUT2D eigenvalue weighted by atomic mass is 32.2. The van der Waals surface area contributed by atoms with E-state index in [-0.39, 0.29) is 4.90 Å². The molecule has 1 unspecified atom stereocenters. The number of carbonyl (C=O) groups is 1. The number of hydrogen-bond acceptors (Lipinski definition) is 6. The molecule has 0 aliphatic rings. The van der Waals surface area contributed by atoms with E-state index in [4.69, 9.17) is 14.2 Å². The van der Waals surface area contributed by atoms with Crippen molar-refractivity contribution in [3.05, 3.63) is 77.9 Å². The molecule has 3 rings (SSSR count). The van der Waals surface area contributed by atoms with Gasteiger partial charge in [-0.15, -0.1) is 0 Å². The monoisotopic (exact) mass is 498 g/mol. The Kier molecular flexibility index (Phi) is 8.24. The maximum absolute atomic E-state index is 13.5. The molecule has 0 heterocycles. The summed E-state index contributed by atoms with van der Waals surface area (Å²) in [5.74, 6) is 1.19. The Morgan fingerprint density at radius 1 is 0.886 bits per heavy atom. The van der Waals surface area contributed by atoms with Crippen molar-refractivity contribution in [2.45, 2.75) is 24.8 Å². The summed E-state index contributed by atoms with van der Waals surface area (Å²) in [7, 11) is 0.563. The molecule has 3 aromatic rings. The van der Waals surface area contributed by atoms with E-state index in [2.05, 4.69) is 5.32 Å². The summed E-state index contributed by atoms with van der Waals surface area (Å²) in [6.07, 6.45) is 0. The average Bonchev–Trinajstić information content (AvgIpc) is 2.87. The van der Waals surface area contributed by atoms with E-state index < -0.39 is 28.5 Å². The van der Waals surface area contributed by atoms with Crippen molar-refractivity contribution in [2.24, 2.45) is 0 Å². The number of ether oxygens (including phenoxy) is 3. The highest BCUT2D eigenvalue weighted by molar-refractivity contribution is 7.92. The third kappa shape index (κ3) is 6.05. The highest BCUT2D eigenvalue weighted by Crippen LogP contribution is 2.30. The number of carbonyl (C=O) groups excluding carboxylic acids is 1. The van der Waals surface area contributed by atoms with Crippen LogP contribution in [0.5, 0.6) is 17.2 Å². The van der Waals surface area contributed by atoms with E-state index in [9.17, 15) is 13.2 Å². The Morgan fingerprint density at radius 2 is 1.51 bits per heavy atom. The lowest BCUT2D eigenvalue weighted by Gasteiger charge is -2.25. The molecule has 0 saturated carbocycles. The molecule has 0 spiro atoms. The van der Waals surface area contributed by atoms with Crippen molar-refractivity contribution >= 4 is 21.6 Å². The second kappa shape index (κ2) is 11.1. The Hall–Kier alpha value is -3.72. The number of hydrogen-bond donors (Lipinski definition) is 1. The van der Waals surface area contributed by atoms with Crippen LogP contribution in [0.2, 0.25) is 0 Å². The van der Waals surface area contributed by atoms with Crippen LogP contribution >= 0.6 is 0 Å². The Labute approximate surface area is 206 Å². The van der Waals surface area contributed by atoms with Gasteiger partial charge in [0.15, 0.2) is 11.5 Å². The van der Waals surface area contributed by atoms with Crippen LogP contribution in [0.4, 0.5) is 5.69 Å². The van der Waals surface area contributed by atoms with Crippen LogP contribution in [0.15, 0.2) is 71.6 Å². The van der Waals surface area contributed by atoms with Gasteiger partial charge in [-0.25, -0.2) is 8.42 Å². The topological polar surface area (TPSA) is 94.2 Å². The predicted octanol–water partition coefficient (Wildman–Crippen LogP) is 4.09. The lowest BCUT2D eigenvalue weighted by molar-refractivity contribution is -0.120. The number of benzene rings is 3. The summed E-state index contributed by atoms with van der Waals surface area (Å²) in [6, 6.07) is 18.0. The van der Waals surface area contributed by atoms with Gasteiger partial charge >= 0.3 is 0 Å². The number of anilines is 1. The van der Waals surface area contributed by atoms with Gasteiger partial charge in [-0.05, 0) is 67.9 Å². The number of sulfonamides is 1. The molecule has 0 fully saturated rings. The van der Waals surface area contributed by atoms with Crippen molar-refractivity contribution in [1.29, 1.82) is 0 Å². The maximum atomic E-state index is 13.5. The van der Waals surface area contributed by atoms with Crippen molar-refractivity contribution in [3.8, 4) is 17.2 Å². The first-order valence-corrected chi connectivity index (χ1v) is 12.4. The fourth-order valence-corrected chi connectivity index (χ4v) is 4.95. The number of nitrogens with one attached hydrogen (secondary N) is 1. The van der Waals surface area contributed by atoms with Crippen LogP contribution in [-0.4, -0.2) is 42.2 Å². The largest absolute Gasteiger partial charge is 0.497 e. The summed E-state index contributed by atoms with van der Waals surface area (Å²) >= 11 is 0. The van der Waals surface area contributed by atoms with E-state index in [0.29, 0.717) is 22.9 Å². The van der Waals surface area contributed by atoms with E-state index in [1.165, 1.54) is 26.4 Å². The molecule has 1 atom stereocenters. The molecule has 35 heavy (non-hydrogen) atoms. The van der Waals surface area contributed by atoms with Crippen molar-refractivity contribution in [3.63, 3.8) is 0 Å². The number of methoxy groups -OCH3 is 3. The maximum Gasteiger partial charge on any atom is 0.264 e. The molecule has 186 valence electrons. The molecular formula is C26H30N2O6S. The first-order chi connectivity index (χ1) is 16.7. The Bertz CT molecular complexity index is 1260. The Morgan fingerprint density at radius 3 is 2.09 bits per heavy atom. The molecule has 0 aromatic heterocycles. The second-order valence-corrected chi connectivity index (χ2v) is 9.79. The number of aryl methyl sites for hydroxylation is 1. The van der Waals surface area contributed by atoms with Crippen molar-refractivity contribution in [2.75, 3.05) is 32.2 Å². The molecule has 0 saturated heterocycles. The van der Waals surface area contributed by atoms with E-state index in [1.54, 1.807) is 55.6 Å². The summed E-state index contributed by atoms with van der Waals surface area (Å²) in [5.41, 5.74) is 2.15. The zero-order valence-electron chi connectivity index (χ0n) is 20.4. The first kappa shape index (κ1) is 25.9. The van der Waals surface area contributed by atoms with Gasteiger partial charge in [0.05, 0.1) is 38.0 Å². The van der Waals surface area contributed by atoms with Gasteiger partial charge in [0.2, 0.25) is 5.91 Å². The van der Waals surface area contributed by atoms with Gasteiger partial charge in [-0.1, -0.05) is 23.8 Å². The number of nitrogens with zero attached hydrogens (tertiary/aromatic N) is 1. The van der Waals surface area contributed by atoms with Crippen LogP contribution in [0.25, 0.3) is 0 Å². The lowest BCUT2D eigenvalue weighted by Crippen LogP contribution is -2.41. The van der Waals surface area contributed by atoms with Crippen LogP contribution in [0, 0.1) is 6.92 Å². The molecule has 0 aliphatic heterocycles. The molecule has 0 aliphatic carbocycles. The van der Waals surface area contributed by atoms with E-state index in [1.807, 2.05) is 19.9 Å². The van der Waals surface area contributed by atoms with Gasteiger partial charge in [0.1, 0.15) is 12.3 Å². The minimum atomic E-state index is -4.03. The minimum Gasteiger partial charge on any atom is -0.497 e. The third-order valence-electron chi connectivity index (χ3n) is 5.54. The van der Waals surface area contributed by atoms with Gasteiger partial charge in [0.25, 0.3) is 10.0 Å². The molecule has 0 radical (unpaired) electrons. The smallest absolute Gasteiger partial charge is 0.264 e. The zero-order valence-corrected chi connectivity index (χ0v) is 21.3. The SMILES string of the molecule is COc1ccc(S(=O)(=O)N(CC(=O)NC(C)c2ccc(OC)c(OC)c2)c2ccc(C)cc2)cc1.